The number of amides is 1. The maximum absolute atomic E-state index is 13.6. The van der Waals surface area contributed by atoms with Crippen molar-refractivity contribution in [3.05, 3.63) is 46.6 Å². The van der Waals surface area contributed by atoms with E-state index in [2.05, 4.69) is 20.6 Å². The number of anilines is 1. The average molecular weight is 622 g/mol. The molecule has 10 nitrogen and oxygen atoms in total. The zero-order valence-electron chi connectivity index (χ0n) is 25.5. The summed E-state index contributed by atoms with van der Waals surface area (Å²) in [5, 5.41) is 7.02. The summed E-state index contributed by atoms with van der Waals surface area (Å²) in [6.45, 7) is 4.74. The van der Waals surface area contributed by atoms with Crippen molar-refractivity contribution < 1.29 is 36.9 Å². The number of carbonyl (C=O) groups is 1. The number of nitrogens with one attached hydrogen (secondary N) is 2. The van der Waals surface area contributed by atoms with Crippen molar-refractivity contribution in [1.82, 2.24) is 20.2 Å². The molecule has 1 aromatic heterocycles. The second-order valence-electron chi connectivity index (χ2n) is 11.7. The quantitative estimate of drug-likeness (QED) is 0.418. The van der Waals surface area contributed by atoms with Gasteiger partial charge in [-0.15, -0.1) is 0 Å². The Morgan fingerprint density at radius 1 is 1.07 bits per heavy atom. The number of carbonyl (C=O) groups excluding carboxylic acids is 1. The molecule has 13 heteroatoms. The molecule has 44 heavy (non-hydrogen) atoms. The van der Waals surface area contributed by atoms with Crippen LogP contribution in [0.4, 0.5) is 19.0 Å². The lowest BCUT2D eigenvalue weighted by Crippen LogP contribution is -2.54. The van der Waals surface area contributed by atoms with E-state index in [1.807, 2.05) is 11.8 Å². The van der Waals surface area contributed by atoms with E-state index in [9.17, 15) is 18.0 Å². The smallest absolute Gasteiger partial charge is 0.416 e. The summed E-state index contributed by atoms with van der Waals surface area (Å²) in [7, 11) is 3.17. The largest absolute Gasteiger partial charge is 0.467 e. The first-order valence-electron chi connectivity index (χ1n) is 15.3. The van der Waals surface area contributed by atoms with Gasteiger partial charge in [-0.25, -0.2) is 0 Å². The van der Waals surface area contributed by atoms with Crippen LogP contribution in [-0.2, 0) is 20.4 Å². The van der Waals surface area contributed by atoms with Crippen LogP contribution in [0.2, 0.25) is 0 Å². The van der Waals surface area contributed by atoms with Gasteiger partial charge in [0, 0.05) is 51.0 Å². The van der Waals surface area contributed by atoms with Crippen molar-refractivity contribution in [3.8, 4) is 6.01 Å². The standard InChI is InChI=1S/C31H42F3N5O5/c1-19-27(29(40)39-14-11-22(12-15-39)36-24-13-16-43-18-26(24)41-2)37-30(42-3)38-28(19)35-17-23-5-4-6-25(44-23)20-7-9-21(10-8-20)31(32,33)34/h7-10,22-26,36H,4-6,11-18H2,1-3H3,(H,35,37,38)/t23-,24-,25+,26+/m1/s1. The highest BCUT2D eigenvalue weighted by Gasteiger charge is 2.33. The van der Waals surface area contributed by atoms with Crippen LogP contribution in [0.25, 0.3) is 0 Å². The predicted molar refractivity (Wildman–Crippen MR) is 157 cm³/mol. The molecule has 1 amide bonds. The molecule has 242 valence electrons. The number of rotatable bonds is 9. The number of aromatic nitrogens is 2. The van der Waals surface area contributed by atoms with Crippen LogP contribution in [0, 0.1) is 6.92 Å². The van der Waals surface area contributed by atoms with Gasteiger partial charge in [-0.1, -0.05) is 12.1 Å². The minimum Gasteiger partial charge on any atom is -0.467 e. The second kappa shape index (κ2) is 14.4. The van der Waals surface area contributed by atoms with Crippen LogP contribution in [0.5, 0.6) is 6.01 Å². The number of hydrogen-bond donors (Lipinski definition) is 2. The van der Waals surface area contributed by atoms with Gasteiger partial charge in [-0.05, 0) is 63.1 Å². The highest BCUT2D eigenvalue weighted by Crippen LogP contribution is 2.34. The average Bonchev–Trinajstić information content (AvgIpc) is 3.04. The number of halogens is 3. The normalized spacial score (nSPS) is 25.1. The van der Waals surface area contributed by atoms with E-state index >= 15 is 0 Å². The zero-order valence-corrected chi connectivity index (χ0v) is 25.5. The third kappa shape index (κ3) is 7.79. The predicted octanol–water partition coefficient (Wildman–Crippen LogP) is 4.53. The second-order valence-corrected chi connectivity index (χ2v) is 11.7. The van der Waals surface area contributed by atoms with Gasteiger partial charge in [0.1, 0.15) is 11.5 Å². The minimum absolute atomic E-state index is 0.0279. The van der Waals surface area contributed by atoms with Crippen LogP contribution in [0.3, 0.4) is 0 Å². The van der Waals surface area contributed by atoms with Crippen LogP contribution in [-0.4, -0.2) is 92.1 Å². The van der Waals surface area contributed by atoms with E-state index in [4.69, 9.17) is 18.9 Å². The molecule has 0 saturated carbocycles. The maximum atomic E-state index is 13.6. The van der Waals surface area contributed by atoms with E-state index < -0.39 is 11.7 Å². The Bertz CT molecular complexity index is 1260. The summed E-state index contributed by atoms with van der Waals surface area (Å²) in [6.07, 6.45) is 0.122. The molecule has 3 aliphatic heterocycles. The number of nitrogens with zero attached hydrogens (tertiary/aromatic N) is 3. The van der Waals surface area contributed by atoms with Crippen molar-refractivity contribution in [2.45, 2.75) is 82.0 Å². The van der Waals surface area contributed by atoms with Crippen molar-refractivity contribution in [3.63, 3.8) is 0 Å². The maximum Gasteiger partial charge on any atom is 0.416 e. The number of piperidine rings is 1. The van der Waals surface area contributed by atoms with Gasteiger partial charge in [0.05, 0.1) is 37.6 Å². The van der Waals surface area contributed by atoms with Gasteiger partial charge in [0.25, 0.3) is 5.91 Å². The molecule has 3 fully saturated rings. The molecule has 0 spiro atoms. The Kier molecular flexibility index (Phi) is 10.6. The lowest BCUT2D eigenvalue weighted by molar-refractivity contribution is -0.137. The van der Waals surface area contributed by atoms with Gasteiger partial charge < -0.3 is 34.5 Å². The van der Waals surface area contributed by atoms with Gasteiger partial charge in [0.15, 0.2) is 0 Å². The number of likely N-dealkylation sites (tertiary alicyclic amines) is 1. The van der Waals surface area contributed by atoms with E-state index in [0.717, 1.165) is 56.2 Å². The molecule has 0 unspecified atom stereocenters. The van der Waals surface area contributed by atoms with Gasteiger partial charge in [-0.3, -0.25) is 4.79 Å². The molecule has 2 aromatic rings. The summed E-state index contributed by atoms with van der Waals surface area (Å²) in [4.78, 5) is 24.3. The first kappa shape index (κ1) is 32.4. The SMILES string of the molecule is COc1nc(NC[C@H]2CCC[C@@H](c3ccc(C(F)(F)F)cc3)O2)c(C)c(C(=O)N2CCC(N[C@@H]3CCOC[C@@H]3OC)CC2)n1. The zero-order chi connectivity index (χ0) is 31.3. The molecule has 4 atom stereocenters. The lowest BCUT2D eigenvalue weighted by atomic mass is 9.97. The first-order valence-corrected chi connectivity index (χ1v) is 15.3. The van der Waals surface area contributed by atoms with E-state index in [-0.39, 0.29) is 36.3 Å². The fourth-order valence-corrected chi connectivity index (χ4v) is 6.20. The summed E-state index contributed by atoms with van der Waals surface area (Å²) >= 11 is 0. The third-order valence-electron chi connectivity index (χ3n) is 8.81. The Balaban J connectivity index is 1.18. The van der Waals surface area contributed by atoms with Crippen molar-refractivity contribution in [2.24, 2.45) is 0 Å². The fourth-order valence-electron chi connectivity index (χ4n) is 6.20. The van der Waals surface area contributed by atoms with Gasteiger partial charge in [0.2, 0.25) is 0 Å². The summed E-state index contributed by atoms with van der Waals surface area (Å²) < 4.78 is 61.6. The van der Waals surface area contributed by atoms with Crippen molar-refractivity contribution in [1.29, 1.82) is 0 Å². The Hall–Kier alpha value is -3.00. The van der Waals surface area contributed by atoms with Crippen molar-refractivity contribution >= 4 is 11.7 Å². The lowest BCUT2D eigenvalue weighted by Gasteiger charge is -2.38. The minimum atomic E-state index is -4.37. The van der Waals surface area contributed by atoms with Crippen LogP contribution in [0.1, 0.15) is 71.8 Å². The topological polar surface area (TPSA) is 107 Å². The Morgan fingerprint density at radius 2 is 1.82 bits per heavy atom. The summed E-state index contributed by atoms with van der Waals surface area (Å²) in [5.74, 6) is 0.323. The fraction of sp³-hybridized carbons (Fsp3) is 0.645. The van der Waals surface area contributed by atoms with Gasteiger partial charge in [-0.2, -0.15) is 23.1 Å². The Labute approximate surface area is 256 Å². The molecule has 0 aliphatic carbocycles. The molecular weight excluding hydrogens is 579 g/mol. The molecule has 3 saturated heterocycles. The van der Waals surface area contributed by atoms with Crippen LogP contribution in [0.15, 0.2) is 24.3 Å². The number of benzene rings is 1. The third-order valence-corrected chi connectivity index (χ3v) is 8.81. The Morgan fingerprint density at radius 3 is 2.50 bits per heavy atom. The van der Waals surface area contributed by atoms with Gasteiger partial charge >= 0.3 is 12.2 Å². The highest BCUT2D eigenvalue weighted by molar-refractivity contribution is 5.95. The van der Waals surface area contributed by atoms with E-state index in [1.165, 1.54) is 19.2 Å². The monoisotopic (exact) mass is 621 g/mol. The van der Waals surface area contributed by atoms with E-state index in [0.29, 0.717) is 56.0 Å². The molecule has 0 bridgehead atoms. The highest BCUT2D eigenvalue weighted by atomic mass is 19.4. The molecule has 1 aromatic carbocycles. The molecule has 0 radical (unpaired) electrons. The molecule has 3 aliphatic rings. The summed E-state index contributed by atoms with van der Waals surface area (Å²) in [6, 6.07) is 5.79. The number of alkyl halides is 3. The first-order chi connectivity index (χ1) is 21.2. The number of hydrogen-bond acceptors (Lipinski definition) is 9. The molecule has 4 heterocycles. The summed E-state index contributed by atoms with van der Waals surface area (Å²) in [5.41, 5.74) is 0.962. The molecular formula is C31H42F3N5O5. The van der Waals surface area contributed by atoms with Crippen LogP contribution < -0.4 is 15.4 Å². The number of methoxy groups -OCH3 is 2. The molecule has 5 rings (SSSR count). The van der Waals surface area contributed by atoms with Crippen molar-refractivity contribution in [2.75, 3.05) is 52.4 Å². The molecule has 2 N–H and O–H groups in total. The van der Waals surface area contributed by atoms with E-state index in [1.54, 1.807) is 7.11 Å². The van der Waals surface area contributed by atoms with Crippen LogP contribution >= 0.6 is 0 Å². The number of ether oxygens (including phenoxy) is 4.